The molecule has 90 valence electrons. The number of aliphatic hydroxyl groups excluding tert-OH is 2. The number of aromatic nitrogens is 2. The Kier molecular flexibility index (Phi) is 4.64. The van der Waals surface area contributed by atoms with E-state index in [0.717, 1.165) is 6.42 Å². The molecule has 0 aliphatic carbocycles. The number of hydrogen-bond donors (Lipinski definition) is 3. The van der Waals surface area contributed by atoms with Crippen molar-refractivity contribution >= 4 is 21.7 Å². The second kappa shape index (κ2) is 5.56. The highest BCUT2D eigenvalue weighted by Gasteiger charge is 2.22. The van der Waals surface area contributed by atoms with Crippen molar-refractivity contribution < 1.29 is 10.2 Å². The van der Waals surface area contributed by atoms with Crippen molar-refractivity contribution in [2.75, 3.05) is 18.5 Å². The topological polar surface area (TPSA) is 78.3 Å². The van der Waals surface area contributed by atoms with Crippen molar-refractivity contribution in [3.05, 3.63) is 16.5 Å². The van der Waals surface area contributed by atoms with E-state index in [1.807, 2.05) is 6.92 Å². The Balaban J connectivity index is 2.92. The molecule has 16 heavy (non-hydrogen) atoms. The number of hydrogen-bond acceptors (Lipinski definition) is 5. The van der Waals surface area contributed by atoms with Crippen LogP contribution in [0.4, 0.5) is 5.82 Å². The van der Waals surface area contributed by atoms with E-state index in [2.05, 4.69) is 31.2 Å². The molecule has 0 amide bonds. The molecule has 0 atom stereocenters. The lowest BCUT2D eigenvalue weighted by Crippen LogP contribution is -2.42. The van der Waals surface area contributed by atoms with E-state index in [0.29, 0.717) is 16.2 Å². The van der Waals surface area contributed by atoms with Crippen LogP contribution in [0.5, 0.6) is 0 Å². The SMILES string of the molecule is CCc1nc(Br)cc(NC(C)(CO)CO)n1. The summed E-state index contributed by atoms with van der Waals surface area (Å²) in [5.74, 6) is 1.29. The van der Waals surface area contributed by atoms with Crippen molar-refractivity contribution in [2.45, 2.75) is 25.8 Å². The standard InChI is InChI=1S/C10H16BrN3O2/c1-3-8-12-7(11)4-9(13-8)14-10(2,5-15)6-16/h4,15-16H,3,5-6H2,1-2H3,(H,12,13,14). The quantitative estimate of drug-likeness (QED) is 0.704. The number of aryl methyl sites for hydroxylation is 1. The number of nitrogens with zero attached hydrogens (tertiary/aromatic N) is 2. The van der Waals surface area contributed by atoms with E-state index in [1.165, 1.54) is 0 Å². The van der Waals surface area contributed by atoms with Gasteiger partial charge in [-0.05, 0) is 22.9 Å². The van der Waals surface area contributed by atoms with Crippen molar-refractivity contribution in [1.82, 2.24) is 9.97 Å². The highest BCUT2D eigenvalue weighted by Crippen LogP contribution is 2.17. The van der Waals surface area contributed by atoms with E-state index in [-0.39, 0.29) is 13.2 Å². The van der Waals surface area contributed by atoms with Gasteiger partial charge in [-0.1, -0.05) is 6.92 Å². The second-order valence-electron chi connectivity index (χ2n) is 3.85. The van der Waals surface area contributed by atoms with Gasteiger partial charge in [0.05, 0.1) is 18.8 Å². The predicted octanol–water partition coefficient (Wildman–Crippen LogP) is 0.957. The Bertz CT molecular complexity index is 356. The minimum atomic E-state index is -0.779. The van der Waals surface area contributed by atoms with Crippen LogP contribution >= 0.6 is 15.9 Å². The first kappa shape index (κ1) is 13.3. The zero-order valence-corrected chi connectivity index (χ0v) is 11.0. The van der Waals surface area contributed by atoms with Gasteiger partial charge in [-0.2, -0.15) is 0 Å². The molecule has 1 heterocycles. The van der Waals surface area contributed by atoms with Crippen molar-refractivity contribution in [3.63, 3.8) is 0 Å². The van der Waals surface area contributed by atoms with Gasteiger partial charge in [0, 0.05) is 12.5 Å². The number of rotatable bonds is 5. The van der Waals surface area contributed by atoms with Gasteiger partial charge in [0.25, 0.3) is 0 Å². The Labute approximate surface area is 103 Å². The molecule has 0 unspecified atom stereocenters. The third kappa shape index (κ3) is 3.40. The molecule has 0 fully saturated rings. The van der Waals surface area contributed by atoms with Crippen LogP contribution in [0, 0.1) is 0 Å². The molecule has 1 aromatic heterocycles. The molecule has 6 heteroatoms. The zero-order valence-electron chi connectivity index (χ0n) is 9.37. The summed E-state index contributed by atoms with van der Waals surface area (Å²) in [6.45, 7) is 3.33. The molecule has 3 N–H and O–H groups in total. The summed E-state index contributed by atoms with van der Waals surface area (Å²) in [5, 5.41) is 21.3. The van der Waals surface area contributed by atoms with Crippen molar-refractivity contribution in [2.24, 2.45) is 0 Å². The first-order valence-corrected chi connectivity index (χ1v) is 5.85. The molecule has 0 aromatic carbocycles. The lowest BCUT2D eigenvalue weighted by molar-refractivity contribution is 0.147. The smallest absolute Gasteiger partial charge is 0.131 e. The largest absolute Gasteiger partial charge is 0.394 e. The Morgan fingerprint density at radius 3 is 2.50 bits per heavy atom. The van der Waals surface area contributed by atoms with Crippen LogP contribution in [-0.2, 0) is 6.42 Å². The van der Waals surface area contributed by atoms with Crippen LogP contribution in [0.15, 0.2) is 10.7 Å². The summed E-state index contributed by atoms with van der Waals surface area (Å²) in [7, 11) is 0. The maximum absolute atomic E-state index is 9.16. The number of aliphatic hydroxyl groups is 2. The number of nitrogens with one attached hydrogen (secondary N) is 1. The van der Waals surface area contributed by atoms with Gasteiger partial charge in [-0.15, -0.1) is 0 Å². The Hall–Kier alpha value is -0.720. The molecule has 0 aliphatic rings. The van der Waals surface area contributed by atoms with Gasteiger partial charge < -0.3 is 15.5 Å². The van der Waals surface area contributed by atoms with E-state index in [9.17, 15) is 0 Å². The molecule has 0 saturated heterocycles. The first-order valence-electron chi connectivity index (χ1n) is 5.06. The summed E-state index contributed by atoms with van der Waals surface area (Å²) >= 11 is 3.29. The lowest BCUT2D eigenvalue weighted by Gasteiger charge is -2.26. The van der Waals surface area contributed by atoms with Crippen LogP contribution in [0.2, 0.25) is 0 Å². The molecule has 0 aliphatic heterocycles. The summed E-state index contributed by atoms with van der Waals surface area (Å²) in [6, 6.07) is 1.71. The Morgan fingerprint density at radius 1 is 1.38 bits per heavy atom. The molecule has 0 bridgehead atoms. The third-order valence-electron chi connectivity index (χ3n) is 2.19. The van der Waals surface area contributed by atoms with Gasteiger partial charge in [-0.3, -0.25) is 0 Å². The fourth-order valence-corrected chi connectivity index (χ4v) is 1.55. The average molecular weight is 290 g/mol. The highest BCUT2D eigenvalue weighted by molar-refractivity contribution is 9.10. The molecule has 0 spiro atoms. The summed E-state index contributed by atoms with van der Waals surface area (Å²) in [6.07, 6.45) is 0.725. The van der Waals surface area contributed by atoms with E-state index >= 15 is 0 Å². The van der Waals surface area contributed by atoms with Crippen LogP contribution in [0.3, 0.4) is 0 Å². The number of halogens is 1. The Morgan fingerprint density at radius 2 is 2.00 bits per heavy atom. The minimum absolute atomic E-state index is 0.174. The van der Waals surface area contributed by atoms with Gasteiger partial charge in [0.1, 0.15) is 16.2 Å². The van der Waals surface area contributed by atoms with E-state index < -0.39 is 5.54 Å². The minimum Gasteiger partial charge on any atom is -0.394 e. The molecule has 5 nitrogen and oxygen atoms in total. The summed E-state index contributed by atoms with van der Waals surface area (Å²) in [4.78, 5) is 8.43. The van der Waals surface area contributed by atoms with Crippen LogP contribution in [0.1, 0.15) is 19.7 Å². The normalized spacial score (nSPS) is 11.6. The van der Waals surface area contributed by atoms with Gasteiger partial charge in [0.2, 0.25) is 0 Å². The maximum Gasteiger partial charge on any atom is 0.131 e. The van der Waals surface area contributed by atoms with Gasteiger partial charge >= 0.3 is 0 Å². The van der Waals surface area contributed by atoms with Crippen molar-refractivity contribution in [1.29, 1.82) is 0 Å². The predicted molar refractivity (Wildman–Crippen MR) is 65.3 cm³/mol. The molecular formula is C10H16BrN3O2. The zero-order chi connectivity index (χ0) is 12.2. The summed E-state index contributed by atoms with van der Waals surface area (Å²) < 4.78 is 0.681. The monoisotopic (exact) mass is 289 g/mol. The van der Waals surface area contributed by atoms with Crippen LogP contribution in [-0.4, -0.2) is 38.9 Å². The van der Waals surface area contributed by atoms with Crippen molar-refractivity contribution in [3.8, 4) is 0 Å². The maximum atomic E-state index is 9.16. The fraction of sp³-hybridized carbons (Fsp3) is 0.600. The average Bonchev–Trinajstić information content (AvgIpc) is 2.28. The van der Waals surface area contributed by atoms with Gasteiger partial charge in [0.15, 0.2) is 0 Å². The third-order valence-corrected chi connectivity index (χ3v) is 2.59. The highest BCUT2D eigenvalue weighted by atomic mass is 79.9. The molecule has 0 radical (unpaired) electrons. The van der Waals surface area contributed by atoms with E-state index in [1.54, 1.807) is 13.0 Å². The fourth-order valence-electron chi connectivity index (χ4n) is 1.13. The summed E-state index contributed by atoms with van der Waals surface area (Å²) in [5.41, 5.74) is -0.779. The van der Waals surface area contributed by atoms with Crippen LogP contribution in [0.25, 0.3) is 0 Å². The van der Waals surface area contributed by atoms with Gasteiger partial charge in [-0.25, -0.2) is 9.97 Å². The second-order valence-corrected chi connectivity index (χ2v) is 4.66. The molecule has 1 aromatic rings. The van der Waals surface area contributed by atoms with Crippen LogP contribution < -0.4 is 5.32 Å². The first-order chi connectivity index (χ1) is 7.53. The number of anilines is 1. The molecule has 1 rings (SSSR count). The lowest BCUT2D eigenvalue weighted by atomic mass is 10.1. The molecule has 0 saturated carbocycles. The molecular weight excluding hydrogens is 274 g/mol. The van der Waals surface area contributed by atoms with E-state index in [4.69, 9.17) is 10.2 Å².